The Balaban J connectivity index is 1.36. The van der Waals surface area contributed by atoms with Crippen molar-refractivity contribution in [2.24, 2.45) is 0 Å². The molecule has 5 heteroatoms. The van der Waals surface area contributed by atoms with Gasteiger partial charge in [-0.25, -0.2) is 9.37 Å². The van der Waals surface area contributed by atoms with Crippen molar-refractivity contribution >= 4 is 11.0 Å². The van der Waals surface area contributed by atoms with E-state index in [2.05, 4.69) is 21.7 Å². The fraction of sp³-hybridized carbons (Fsp3) is 0.115. The molecular formula is C26H19FN2O2. The summed E-state index contributed by atoms with van der Waals surface area (Å²) in [6, 6.07) is 22.6. The van der Waals surface area contributed by atoms with Crippen LogP contribution in [0.2, 0.25) is 0 Å². The second-order valence-electron chi connectivity index (χ2n) is 7.93. The highest BCUT2D eigenvalue weighted by molar-refractivity contribution is 5.83. The molecule has 2 aromatic heterocycles. The van der Waals surface area contributed by atoms with Gasteiger partial charge in [0.1, 0.15) is 17.2 Å². The van der Waals surface area contributed by atoms with Crippen LogP contribution in [0, 0.1) is 5.82 Å². The van der Waals surface area contributed by atoms with E-state index in [1.54, 1.807) is 12.4 Å². The zero-order valence-corrected chi connectivity index (χ0v) is 16.6. The van der Waals surface area contributed by atoms with Gasteiger partial charge in [0.15, 0.2) is 0 Å². The molecule has 2 atom stereocenters. The number of hydrogen-bond acceptors (Lipinski definition) is 3. The van der Waals surface area contributed by atoms with Gasteiger partial charge in [0, 0.05) is 34.6 Å². The first-order chi connectivity index (χ1) is 15.2. The van der Waals surface area contributed by atoms with Crippen molar-refractivity contribution in [2.75, 3.05) is 0 Å². The Morgan fingerprint density at radius 3 is 2.71 bits per heavy atom. The van der Waals surface area contributed by atoms with Gasteiger partial charge in [0.25, 0.3) is 0 Å². The van der Waals surface area contributed by atoms with Crippen LogP contribution in [-0.4, -0.2) is 14.7 Å². The van der Waals surface area contributed by atoms with Crippen LogP contribution in [0.15, 0.2) is 89.7 Å². The number of nitrogens with zero attached hydrogens (tertiary/aromatic N) is 2. The van der Waals surface area contributed by atoms with Crippen molar-refractivity contribution in [2.45, 2.75) is 18.6 Å². The minimum atomic E-state index is -0.967. The summed E-state index contributed by atoms with van der Waals surface area (Å²) < 4.78 is 22.9. The molecule has 0 aliphatic carbocycles. The van der Waals surface area contributed by atoms with E-state index in [0.29, 0.717) is 17.8 Å². The fourth-order valence-electron chi connectivity index (χ4n) is 4.59. The highest BCUT2D eigenvalue weighted by Crippen LogP contribution is 2.43. The predicted molar refractivity (Wildman–Crippen MR) is 117 cm³/mol. The third-order valence-electron chi connectivity index (χ3n) is 6.10. The summed E-state index contributed by atoms with van der Waals surface area (Å²) in [6.45, 7) is 0. The summed E-state index contributed by atoms with van der Waals surface area (Å²) in [6.07, 6.45) is 2.99. The molecule has 5 aromatic rings. The average Bonchev–Trinajstić information content (AvgIpc) is 3.50. The van der Waals surface area contributed by atoms with Gasteiger partial charge in [-0.3, -0.25) is 0 Å². The van der Waals surface area contributed by atoms with Crippen LogP contribution in [0.25, 0.3) is 33.6 Å². The number of fused-ring (bicyclic) bond motifs is 4. The Labute approximate surface area is 178 Å². The number of benzene rings is 3. The topological polar surface area (TPSA) is 51.2 Å². The number of hydrogen-bond donors (Lipinski definition) is 1. The van der Waals surface area contributed by atoms with Gasteiger partial charge in [-0.15, -0.1) is 0 Å². The molecule has 4 nitrogen and oxygen atoms in total. The zero-order valence-electron chi connectivity index (χ0n) is 16.6. The number of halogens is 1. The summed E-state index contributed by atoms with van der Waals surface area (Å²) in [5, 5.41) is 11.8. The molecule has 1 aliphatic heterocycles. The lowest BCUT2D eigenvalue weighted by molar-refractivity contribution is 0.149. The van der Waals surface area contributed by atoms with Gasteiger partial charge in [0.2, 0.25) is 0 Å². The molecule has 0 spiro atoms. The van der Waals surface area contributed by atoms with Crippen LogP contribution < -0.4 is 0 Å². The molecule has 0 unspecified atom stereocenters. The summed E-state index contributed by atoms with van der Waals surface area (Å²) in [5.74, 6) is 0.209. The summed E-state index contributed by atoms with van der Waals surface area (Å²) >= 11 is 0. The van der Waals surface area contributed by atoms with Gasteiger partial charge < -0.3 is 14.1 Å². The number of furan rings is 1. The van der Waals surface area contributed by atoms with Crippen molar-refractivity contribution in [3.8, 4) is 22.6 Å². The molecule has 0 fully saturated rings. The molecule has 3 heterocycles. The van der Waals surface area contributed by atoms with Gasteiger partial charge in [-0.2, -0.15) is 0 Å². The minimum Gasteiger partial charge on any atom is -0.456 e. The van der Waals surface area contributed by atoms with Crippen LogP contribution >= 0.6 is 0 Å². The third-order valence-corrected chi connectivity index (χ3v) is 6.10. The molecule has 0 bridgehead atoms. The van der Waals surface area contributed by atoms with Gasteiger partial charge >= 0.3 is 0 Å². The highest BCUT2D eigenvalue weighted by atomic mass is 19.1. The first-order valence-electron chi connectivity index (χ1n) is 10.3. The maximum Gasteiger partial charge on any atom is 0.137 e. The lowest BCUT2D eigenvalue weighted by Gasteiger charge is -2.19. The number of aliphatic hydroxyl groups excluding tert-OH is 1. The van der Waals surface area contributed by atoms with E-state index in [-0.39, 0.29) is 11.6 Å². The third kappa shape index (κ3) is 2.89. The SMILES string of the molecule is O[C@H](C[C@H]1c2ccccc2-c2cncn21)c1cc2cc(-c3ccccc3)oc2cc1F. The van der Waals surface area contributed by atoms with Crippen molar-refractivity contribution in [3.05, 3.63) is 102 Å². The fourth-order valence-corrected chi connectivity index (χ4v) is 4.59. The lowest BCUT2D eigenvalue weighted by Crippen LogP contribution is -2.11. The largest absolute Gasteiger partial charge is 0.456 e. The molecule has 6 rings (SSSR count). The van der Waals surface area contributed by atoms with Crippen LogP contribution in [0.4, 0.5) is 4.39 Å². The Morgan fingerprint density at radius 2 is 1.84 bits per heavy atom. The molecule has 3 aromatic carbocycles. The van der Waals surface area contributed by atoms with E-state index < -0.39 is 11.9 Å². The average molecular weight is 410 g/mol. The van der Waals surface area contributed by atoms with E-state index in [4.69, 9.17) is 4.42 Å². The predicted octanol–water partition coefficient (Wildman–Crippen LogP) is 6.13. The standard InChI is InChI=1S/C26H19FN2O2/c27-21-12-26-17(11-25(31-26)16-6-2-1-3-7-16)10-20(21)24(30)13-22-18-8-4-5-9-19(18)23-14-28-15-29(22)23/h1-12,14-15,22,24,30H,13H2/t22-,24+/m0/s1. The zero-order chi connectivity index (χ0) is 20.9. The quantitative estimate of drug-likeness (QED) is 0.388. The number of aliphatic hydroxyl groups is 1. The molecule has 0 saturated carbocycles. The molecular weight excluding hydrogens is 391 g/mol. The number of rotatable bonds is 4. The van der Waals surface area contributed by atoms with E-state index in [1.165, 1.54) is 6.07 Å². The number of aromatic nitrogens is 2. The van der Waals surface area contributed by atoms with Gasteiger partial charge in [-0.1, -0.05) is 54.6 Å². The molecule has 1 aliphatic rings. The summed E-state index contributed by atoms with van der Waals surface area (Å²) in [5.41, 5.74) is 4.92. The first kappa shape index (κ1) is 18.1. The summed E-state index contributed by atoms with van der Waals surface area (Å²) in [7, 11) is 0. The molecule has 31 heavy (non-hydrogen) atoms. The van der Waals surface area contributed by atoms with E-state index >= 15 is 0 Å². The maximum atomic E-state index is 14.9. The minimum absolute atomic E-state index is 0.0944. The van der Waals surface area contributed by atoms with Gasteiger partial charge in [-0.05, 0) is 17.7 Å². The van der Waals surface area contributed by atoms with Crippen LogP contribution in [0.1, 0.15) is 29.7 Å². The first-order valence-corrected chi connectivity index (χ1v) is 10.3. The van der Waals surface area contributed by atoms with E-state index in [0.717, 1.165) is 27.8 Å². The van der Waals surface area contributed by atoms with E-state index in [9.17, 15) is 9.50 Å². The maximum absolute atomic E-state index is 14.9. The van der Waals surface area contributed by atoms with Crippen LogP contribution in [0.5, 0.6) is 0 Å². The molecule has 0 amide bonds. The number of imidazole rings is 1. The molecule has 0 radical (unpaired) electrons. The van der Waals surface area contributed by atoms with Crippen molar-refractivity contribution in [1.29, 1.82) is 0 Å². The highest BCUT2D eigenvalue weighted by Gasteiger charge is 2.31. The second kappa shape index (κ2) is 6.93. The lowest BCUT2D eigenvalue weighted by atomic mass is 9.95. The van der Waals surface area contributed by atoms with Crippen molar-refractivity contribution in [1.82, 2.24) is 9.55 Å². The molecule has 0 saturated heterocycles. The van der Waals surface area contributed by atoms with E-state index in [1.807, 2.05) is 54.7 Å². The Kier molecular flexibility index (Phi) is 4.04. The van der Waals surface area contributed by atoms with Crippen molar-refractivity contribution in [3.63, 3.8) is 0 Å². The summed E-state index contributed by atoms with van der Waals surface area (Å²) in [4.78, 5) is 4.26. The van der Waals surface area contributed by atoms with Crippen LogP contribution in [0.3, 0.4) is 0 Å². The molecule has 152 valence electrons. The normalized spacial score (nSPS) is 15.7. The van der Waals surface area contributed by atoms with Crippen molar-refractivity contribution < 1.29 is 13.9 Å². The Hall–Kier alpha value is -3.70. The smallest absolute Gasteiger partial charge is 0.137 e. The monoisotopic (exact) mass is 410 g/mol. The Bertz CT molecular complexity index is 1400. The van der Waals surface area contributed by atoms with Gasteiger partial charge in [0.05, 0.1) is 30.4 Å². The van der Waals surface area contributed by atoms with Crippen LogP contribution in [-0.2, 0) is 0 Å². The Morgan fingerprint density at radius 1 is 1.03 bits per heavy atom. The second-order valence-corrected chi connectivity index (χ2v) is 7.93. The molecule has 1 N–H and O–H groups in total.